The van der Waals surface area contributed by atoms with Crippen LogP contribution >= 0.6 is 0 Å². The second-order valence-corrected chi connectivity index (χ2v) is 11.6. The molecule has 0 aliphatic heterocycles. The van der Waals surface area contributed by atoms with Crippen molar-refractivity contribution in [2.75, 3.05) is 7.11 Å². The maximum atomic E-state index is 13.6. The summed E-state index contributed by atoms with van der Waals surface area (Å²) in [5.74, 6) is 13.5. The minimum atomic E-state index is -0.341. The van der Waals surface area contributed by atoms with Gasteiger partial charge in [0.15, 0.2) is 0 Å². The molecule has 0 fully saturated rings. The van der Waals surface area contributed by atoms with Gasteiger partial charge >= 0.3 is 5.97 Å². The third kappa shape index (κ3) is 3.78. The summed E-state index contributed by atoms with van der Waals surface area (Å²) in [7, 11) is 1.46. The van der Waals surface area contributed by atoms with Crippen LogP contribution in [0.4, 0.5) is 0 Å². The van der Waals surface area contributed by atoms with E-state index in [0.29, 0.717) is 5.56 Å². The number of rotatable bonds is 2. The molecule has 212 valence electrons. The SMILES string of the molecule is COC(=O)c1c(-c2ccccc2)c2ccc3cc(C#Cc4ccccc4)c4c(C#Cc5ccccc5)cc5ccc1c1c5c4c3c21. The minimum Gasteiger partial charge on any atom is -0.465 e. The summed E-state index contributed by atoms with van der Waals surface area (Å²) in [6.07, 6.45) is 0. The molecule has 9 aromatic carbocycles. The Hall–Kier alpha value is -6.35. The lowest BCUT2D eigenvalue weighted by Crippen LogP contribution is -2.05. The molecule has 0 bridgehead atoms. The molecule has 2 nitrogen and oxygen atoms in total. The van der Waals surface area contributed by atoms with Gasteiger partial charge in [-0.3, -0.25) is 0 Å². The van der Waals surface area contributed by atoms with E-state index in [4.69, 9.17) is 4.74 Å². The monoisotopic (exact) mass is 584 g/mol. The van der Waals surface area contributed by atoms with E-state index in [1.807, 2.05) is 78.9 Å². The zero-order chi connectivity index (χ0) is 30.8. The Kier molecular flexibility index (Phi) is 5.73. The molecule has 0 N–H and O–H groups in total. The molecule has 2 heteroatoms. The second kappa shape index (κ2) is 10.1. The molecule has 0 amide bonds. The number of carbonyl (C=O) groups excluding carboxylic acids is 1. The molecule has 0 spiro atoms. The van der Waals surface area contributed by atoms with E-state index >= 15 is 0 Å². The highest BCUT2D eigenvalue weighted by Crippen LogP contribution is 2.53. The first-order valence-electron chi connectivity index (χ1n) is 15.3. The van der Waals surface area contributed by atoms with Crippen LogP contribution < -0.4 is 0 Å². The highest BCUT2D eigenvalue weighted by atomic mass is 16.5. The molecule has 0 atom stereocenters. The summed E-state index contributed by atoms with van der Waals surface area (Å²) in [5.41, 5.74) is 6.26. The van der Waals surface area contributed by atoms with Crippen LogP contribution in [-0.4, -0.2) is 13.1 Å². The fourth-order valence-corrected chi connectivity index (χ4v) is 7.20. The fraction of sp³-hybridized carbons (Fsp3) is 0.0227. The standard InChI is InChI=1S/C44H24O2/c1-46-44(45)42-35-24-22-33-26-31(20-18-28-13-7-3-8-14-28)36-30(19-17-27-11-5-2-6-12-27)25-32-21-23-34(37(42)29-15-9-4-10-16-29)40-38(32)43(36)39(33)41(35)40/h2-16,21-26H,1H3. The van der Waals surface area contributed by atoms with Crippen molar-refractivity contribution in [1.82, 2.24) is 0 Å². The topological polar surface area (TPSA) is 26.3 Å². The van der Waals surface area contributed by atoms with Crippen LogP contribution in [0.3, 0.4) is 0 Å². The molecule has 0 aliphatic carbocycles. The molecule has 0 aliphatic rings. The average Bonchev–Trinajstić information content (AvgIpc) is 3.48. The van der Waals surface area contributed by atoms with Crippen molar-refractivity contribution in [1.29, 1.82) is 0 Å². The lowest BCUT2D eigenvalue weighted by Gasteiger charge is -2.16. The van der Waals surface area contributed by atoms with Crippen LogP contribution in [0.1, 0.15) is 32.6 Å². The van der Waals surface area contributed by atoms with Gasteiger partial charge in [-0.25, -0.2) is 4.79 Å². The van der Waals surface area contributed by atoms with Crippen molar-refractivity contribution in [3.05, 3.63) is 155 Å². The Morgan fingerprint density at radius 2 is 1.00 bits per heavy atom. The number of carbonyl (C=O) groups is 1. The van der Waals surface area contributed by atoms with E-state index in [0.717, 1.165) is 76.5 Å². The quantitative estimate of drug-likeness (QED) is 0.115. The van der Waals surface area contributed by atoms with E-state index in [9.17, 15) is 4.79 Å². The number of hydrogen-bond acceptors (Lipinski definition) is 2. The van der Waals surface area contributed by atoms with E-state index in [-0.39, 0.29) is 5.97 Å². The summed E-state index contributed by atoms with van der Waals surface area (Å²) in [6.45, 7) is 0. The van der Waals surface area contributed by atoms with E-state index in [1.165, 1.54) is 17.9 Å². The third-order valence-electron chi connectivity index (χ3n) is 9.08. The Morgan fingerprint density at radius 3 is 1.54 bits per heavy atom. The van der Waals surface area contributed by atoms with Crippen molar-refractivity contribution >= 4 is 59.8 Å². The molecule has 9 aromatic rings. The average molecular weight is 585 g/mol. The van der Waals surface area contributed by atoms with Crippen LogP contribution in [-0.2, 0) is 4.74 Å². The van der Waals surface area contributed by atoms with E-state index in [1.54, 1.807) is 0 Å². The second-order valence-electron chi connectivity index (χ2n) is 11.6. The van der Waals surface area contributed by atoms with Crippen molar-refractivity contribution < 1.29 is 9.53 Å². The summed E-state index contributed by atoms with van der Waals surface area (Å²) >= 11 is 0. The Bertz CT molecular complexity index is 2650. The zero-order valence-electron chi connectivity index (χ0n) is 24.9. The van der Waals surface area contributed by atoms with Crippen molar-refractivity contribution in [3.63, 3.8) is 0 Å². The molecule has 0 heterocycles. The van der Waals surface area contributed by atoms with Crippen LogP contribution in [0.5, 0.6) is 0 Å². The van der Waals surface area contributed by atoms with Gasteiger partial charge in [0.1, 0.15) is 0 Å². The van der Waals surface area contributed by atoms with Crippen LogP contribution in [0.25, 0.3) is 65.0 Å². The van der Waals surface area contributed by atoms with E-state index in [2.05, 4.69) is 72.2 Å². The van der Waals surface area contributed by atoms with Gasteiger partial charge in [0, 0.05) is 38.6 Å². The largest absolute Gasteiger partial charge is 0.465 e. The number of methoxy groups -OCH3 is 1. The summed E-state index contributed by atoms with van der Waals surface area (Å²) < 4.78 is 5.44. The zero-order valence-corrected chi connectivity index (χ0v) is 24.9. The van der Waals surface area contributed by atoms with Gasteiger partial charge in [-0.1, -0.05) is 115 Å². The number of benzene rings is 8. The molecule has 0 saturated heterocycles. The highest BCUT2D eigenvalue weighted by molar-refractivity contribution is 6.47. The van der Waals surface area contributed by atoms with Crippen molar-refractivity contribution in [2.45, 2.75) is 0 Å². The molecule has 9 rings (SSSR count). The van der Waals surface area contributed by atoms with Crippen LogP contribution in [0.2, 0.25) is 0 Å². The van der Waals surface area contributed by atoms with E-state index < -0.39 is 0 Å². The Morgan fingerprint density at radius 1 is 0.500 bits per heavy atom. The number of ether oxygens (including phenoxy) is 1. The lowest BCUT2D eigenvalue weighted by molar-refractivity contribution is 0.0604. The van der Waals surface area contributed by atoms with Crippen LogP contribution in [0, 0.1) is 23.7 Å². The molecule has 0 radical (unpaired) electrons. The summed E-state index contributed by atoms with van der Waals surface area (Å²) in [5, 5.41) is 10.9. The molecule has 0 saturated carbocycles. The van der Waals surface area contributed by atoms with Crippen LogP contribution in [0.15, 0.2) is 127 Å². The third-order valence-corrected chi connectivity index (χ3v) is 9.08. The van der Waals surface area contributed by atoms with Gasteiger partial charge in [0.25, 0.3) is 0 Å². The van der Waals surface area contributed by atoms with Gasteiger partial charge in [0.2, 0.25) is 0 Å². The van der Waals surface area contributed by atoms with Gasteiger partial charge < -0.3 is 4.74 Å². The normalized spacial score (nSPS) is 11.3. The van der Waals surface area contributed by atoms with Crippen molar-refractivity contribution in [2.24, 2.45) is 0 Å². The smallest absolute Gasteiger partial charge is 0.339 e. The molecular weight excluding hydrogens is 560 g/mol. The van der Waals surface area contributed by atoms with Gasteiger partial charge in [-0.2, -0.15) is 0 Å². The predicted molar refractivity (Wildman–Crippen MR) is 189 cm³/mol. The molecule has 0 unspecified atom stereocenters. The predicted octanol–water partition coefficient (Wildman–Crippen LogP) is 10.0. The summed E-state index contributed by atoms with van der Waals surface area (Å²) in [6, 6.07) is 43.2. The van der Waals surface area contributed by atoms with Gasteiger partial charge in [-0.05, 0) is 85.1 Å². The highest BCUT2D eigenvalue weighted by Gasteiger charge is 2.29. The first-order valence-corrected chi connectivity index (χ1v) is 15.3. The fourth-order valence-electron chi connectivity index (χ4n) is 7.20. The number of hydrogen-bond donors (Lipinski definition) is 0. The van der Waals surface area contributed by atoms with Gasteiger partial charge in [-0.15, -0.1) is 0 Å². The maximum Gasteiger partial charge on any atom is 0.339 e. The minimum absolute atomic E-state index is 0.341. The summed E-state index contributed by atoms with van der Waals surface area (Å²) in [4.78, 5) is 13.6. The van der Waals surface area contributed by atoms with Gasteiger partial charge in [0.05, 0.1) is 12.7 Å². The molecular formula is C44H24O2. The molecule has 46 heavy (non-hydrogen) atoms. The maximum absolute atomic E-state index is 13.6. The molecule has 0 aromatic heterocycles. The Labute approximate surface area is 265 Å². The van der Waals surface area contributed by atoms with Crippen molar-refractivity contribution in [3.8, 4) is 34.8 Å². The first kappa shape index (κ1) is 26.1. The Balaban J connectivity index is 1.48. The number of esters is 1. The lowest BCUT2D eigenvalue weighted by atomic mass is 9.87. The first-order chi connectivity index (χ1) is 22.7.